The average Bonchev–Trinajstić information content (AvgIpc) is 2.36. The van der Waals surface area contributed by atoms with Crippen LogP contribution in [0.3, 0.4) is 0 Å². The Kier molecular flexibility index (Phi) is 4.55. The number of hydrogen-bond donors (Lipinski definition) is 3. The molecule has 0 aromatic rings. The SMILES string of the molecule is CC1CCC(CNC(=O)NC2CC(C)C2)(C(=O)O)CC1. The van der Waals surface area contributed by atoms with Crippen molar-refractivity contribution in [2.24, 2.45) is 17.3 Å². The van der Waals surface area contributed by atoms with Gasteiger partial charge in [-0.1, -0.05) is 13.8 Å². The molecule has 2 saturated carbocycles. The van der Waals surface area contributed by atoms with Gasteiger partial charge in [0.2, 0.25) is 0 Å². The third-order valence-corrected chi connectivity index (χ3v) is 4.98. The van der Waals surface area contributed by atoms with Gasteiger partial charge in [0.05, 0.1) is 5.41 Å². The van der Waals surface area contributed by atoms with E-state index in [1.165, 1.54) is 0 Å². The van der Waals surface area contributed by atoms with Crippen molar-refractivity contribution in [1.29, 1.82) is 0 Å². The van der Waals surface area contributed by atoms with Crippen LogP contribution in [0.2, 0.25) is 0 Å². The highest BCUT2D eigenvalue weighted by molar-refractivity contribution is 5.78. The lowest BCUT2D eigenvalue weighted by atomic mass is 9.71. The molecule has 0 aromatic heterocycles. The zero-order chi connectivity index (χ0) is 14.8. The average molecular weight is 282 g/mol. The minimum Gasteiger partial charge on any atom is -0.481 e. The quantitative estimate of drug-likeness (QED) is 0.740. The second-order valence-electron chi connectivity index (χ2n) is 6.87. The van der Waals surface area contributed by atoms with Crippen LogP contribution in [0.5, 0.6) is 0 Å². The summed E-state index contributed by atoms with van der Waals surface area (Å²) < 4.78 is 0. The Hall–Kier alpha value is -1.26. The molecular weight excluding hydrogens is 256 g/mol. The van der Waals surface area contributed by atoms with E-state index < -0.39 is 11.4 Å². The summed E-state index contributed by atoms with van der Waals surface area (Å²) in [4.78, 5) is 23.4. The molecule has 2 amide bonds. The topological polar surface area (TPSA) is 78.4 Å². The number of carboxylic acid groups (broad SMARTS) is 1. The molecule has 0 unspecified atom stereocenters. The number of urea groups is 1. The van der Waals surface area contributed by atoms with Crippen LogP contribution < -0.4 is 10.6 Å². The van der Waals surface area contributed by atoms with Gasteiger partial charge in [0.25, 0.3) is 0 Å². The molecule has 2 rings (SSSR count). The Morgan fingerprint density at radius 3 is 2.25 bits per heavy atom. The van der Waals surface area contributed by atoms with Crippen LogP contribution in [0.25, 0.3) is 0 Å². The van der Waals surface area contributed by atoms with Crippen LogP contribution >= 0.6 is 0 Å². The second kappa shape index (κ2) is 6.02. The standard InChI is InChI=1S/C15H26N2O3/c1-10-3-5-15(6-4-10,13(18)19)9-16-14(20)17-12-7-11(2)8-12/h10-12H,3-9H2,1-2H3,(H,18,19)(H2,16,17,20). The first-order valence-electron chi connectivity index (χ1n) is 7.69. The monoisotopic (exact) mass is 282 g/mol. The number of carbonyl (C=O) groups is 2. The van der Waals surface area contributed by atoms with Crippen molar-refractivity contribution in [3.05, 3.63) is 0 Å². The number of amides is 2. The normalized spacial score (nSPS) is 36.8. The summed E-state index contributed by atoms with van der Waals surface area (Å²) >= 11 is 0. The molecular formula is C15H26N2O3. The summed E-state index contributed by atoms with van der Waals surface area (Å²) in [6.45, 7) is 4.56. The third-order valence-electron chi connectivity index (χ3n) is 4.98. The van der Waals surface area contributed by atoms with Crippen molar-refractivity contribution in [3.63, 3.8) is 0 Å². The Morgan fingerprint density at radius 2 is 1.75 bits per heavy atom. The van der Waals surface area contributed by atoms with E-state index in [1.54, 1.807) is 0 Å². The van der Waals surface area contributed by atoms with Gasteiger partial charge in [-0.2, -0.15) is 0 Å². The minimum absolute atomic E-state index is 0.221. The molecule has 3 N–H and O–H groups in total. The van der Waals surface area contributed by atoms with Gasteiger partial charge in [0.1, 0.15) is 0 Å². The first-order chi connectivity index (χ1) is 9.41. The molecule has 20 heavy (non-hydrogen) atoms. The van der Waals surface area contributed by atoms with E-state index in [-0.39, 0.29) is 18.6 Å². The molecule has 5 nitrogen and oxygen atoms in total. The fraction of sp³-hybridized carbons (Fsp3) is 0.867. The zero-order valence-electron chi connectivity index (χ0n) is 12.4. The van der Waals surface area contributed by atoms with Crippen molar-refractivity contribution >= 4 is 12.0 Å². The van der Waals surface area contributed by atoms with Gasteiger partial charge < -0.3 is 15.7 Å². The van der Waals surface area contributed by atoms with E-state index in [1.807, 2.05) is 0 Å². The van der Waals surface area contributed by atoms with Crippen LogP contribution in [0.15, 0.2) is 0 Å². The second-order valence-corrected chi connectivity index (χ2v) is 6.87. The smallest absolute Gasteiger partial charge is 0.315 e. The van der Waals surface area contributed by atoms with E-state index in [4.69, 9.17) is 0 Å². The van der Waals surface area contributed by atoms with Crippen LogP contribution in [0.1, 0.15) is 52.4 Å². The summed E-state index contributed by atoms with van der Waals surface area (Å²) in [5, 5.41) is 15.2. The van der Waals surface area contributed by atoms with E-state index in [0.29, 0.717) is 24.7 Å². The molecule has 0 atom stereocenters. The first-order valence-corrected chi connectivity index (χ1v) is 7.69. The lowest BCUT2D eigenvalue weighted by Gasteiger charge is -2.37. The maximum absolute atomic E-state index is 11.8. The minimum atomic E-state index is -0.776. The Labute approximate surface area is 120 Å². The van der Waals surface area contributed by atoms with E-state index in [2.05, 4.69) is 24.5 Å². The largest absolute Gasteiger partial charge is 0.481 e. The molecule has 0 aromatic carbocycles. The summed E-state index contributed by atoms with van der Waals surface area (Å²) in [6.07, 6.45) is 5.21. The molecule has 0 radical (unpaired) electrons. The zero-order valence-corrected chi connectivity index (χ0v) is 12.4. The maximum Gasteiger partial charge on any atom is 0.315 e. The molecule has 0 spiro atoms. The molecule has 0 bridgehead atoms. The first kappa shape index (κ1) is 15.1. The molecule has 2 aliphatic rings. The van der Waals surface area contributed by atoms with Crippen LogP contribution in [-0.2, 0) is 4.79 Å². The molecule has 5 heteroatoms. The Balaban J connectivity index is 1.80. The summed E-state index contributed by atoms with van der Waals surface area (Å²) in [5.41, 5.74) is -0.767. The maximum atomic E-state index is 11.8. The number of rotatable bonds is 4. The molecule has 2 aliphatic carbocycles. The van der Waals surface area contributed by atoms with Crippen LogP contribution in [-0.4, -0.2) is 29.7 Å². The van der Waals surface area contributed by atoms with Crippen molar-refractivity contribution in [1.82, 2.24) is 10.6 Å². The Bertz CT molecular complexity index is 369. The number of nitrogens with one attached hydrogen (secondary N) is 2. The number of aliphatic carboxylic acids is 1. The van der Waals surface area contributed by atoms with Crippen molar-refractivity contribution in [2.75, 3.05) is 6.54 Å². The van der Waals surface area contributed by atoms with E-state index in [0.717, 1.165) is 25.7 Å². The van der Waals surface area contributed by atoms with Gasteiger partial charge in [0.15, 0.2) is 0 Å². The van der Waals surface area contributed by atoms with Gasteiger partial charge in [-0.3, -0.25) is 4.79 Å². The van der Waals surface area contributed by atoms with E-state index in [9.17, 15) is 14.7 Å². The van der Waals surface area contributed by atoms with Gasteiger partial charge in [0, 0.05) is 12.6 Å². The fourth-order valence-corrected chi connectivity index (χ4v) is 3.29. The third kappa shape index (κ3) is 3.44. The summed E-state index contributed by atoms with van der Waals surface area (Å²) in [6, 6.07) is 0.0401. The highest BCUT2D eigenvalue weighted by Crippen LogP contribution is 2.38. The highest BCUT2D eigenvalue weighted by Gasteiger charge is 2.41. The van der Waals surface area contributed by atoms with Gasteiger partial charge in [-0.05, 0) is 50.4 Å². The number of hydrogen-bond acceptors (Lipinski definition) is 2. The molecule has 114 valence electrons. The van der Waals surface area contributed by atoms with Crippen LogP contribution in [0.4, 0.5) is 4.79 Å². The molecule has 0 aliphatic heterocycles. The van der Waals surface area contributed by atoms with E-state index >= 15 is 0 Å². The number of carboxylic acids is 1. The fourth-order valence-electron chi connectivity index (χ4n) is 3.29. The number of carbonyl (C=O) groups excluding carboxylic acids is 1. The highest BCUT2D eigenvalue weighted by atomic mass is 16.4. The van der Waals surface area contributed by atoms with Crippen LogP contribution in [0, 0.1) is 17.3 Å². The summed E-state index contributed by atoms with van der Waals surface area (Å²) in [5.74, 6) is 0.500. The van der Waals surface area contributed by atoms with Crippen molar-refractivity contribution in [2.45, 2.75) is 58.4 Å². The predicted octanol–water partition coefficient (Wildman–Crippen LogP) is 2.37. The van der Waals surface area contributed by atoms with Crippen molar-refractivity contribution < 1.29 is 14.7 Å². The lowest BCUT2D eigenvalue weighted by molar-refractivity contribution is -0.151. The van der Waals surface area contributed by atoms with Gasteiger partial charge in [-0.15, -0.1) is 0 Å². The Morgan fingerprint density at radius 1 is 1.15 bits per heavy atom. The van der Waals surface area contributed by atoms with Gasteiger partial charge in [-0.25, -0.2) is 4.79 Å². The predicted molar refractivity (Wildman–Crippen MR) is 76.4 cm³/mol. The van der Waals surface area contributed by atoms with Crippen molar-refractivity contribution in [3.8, 4) is 0 Å². The molecule has 0 heterocycles. The molecule has 2 fully saturated rings. The van der Waals surface area contributed by atoms with Gasteiger partial charge >= 0.3 is 12.0 Å². The summed E-state index contributed by atoms with van der Waals surface area (Å²) in [7, 11) is 0. The lowest BCUT2D eigenvalue weighted by Crippen LogP contribution is -2.52. The molecule has 0 saturated heterocycles.